The van der Waals surface area contributed by atoms with E-state index in [1.807, 2.05) is 0 Å². The summed E-state index contributed by atoms with van der Waals surface area (Å²) >= 11 is 1.24. The molecular formula is C14H13N3O4S. The number of carboxylic acids is 1. The van der Waals surface area contributed by atoms with Crippen molar-refractivity contribution in [3.05, 3.63) is 40.8 Å². The highest BCUT2D eigenvalue weighted by Crippen LogP contribution is 2.15. The van der Waals surface area contributed by atoms with Crippen molar-refractivity contribution in [3.63, 3.8) is 0 Å². The van der Waals surface area contributed by atoms with Gasteiger partial charge in [-0.2, -0.15) is 0 Å². The summed E-state index contributed by atoms with van der Waals surface area (Å²) in [6.45, 7) is 0. The average Bonchev–Trinajstić information content (AvgIpc) is 3.01. The van der Waals surface area contributed by atoms with Crippen LogP contribution in [0.4, 0.5) is 11.4 Å². The number of benzene rings is 1. The molecular weight excluding hydrogens is 306 g/mol. The van der Waals surface area contributed by atoms with Gasteiger partial charge in [0.05, 0.1) is 6.42 Å². The normalized spacial score (nSPS) is 10.0. The Morgan fingerprint density at radius 1 is 1.05 bits per heavy atom. The molecule has 1 aromatic carbocycles. The first-order valence-corrected chi connectivity index (χ1v) is 7.25. The van der Waals surface area contributed by atoms with Crippen LogP contribution in [0, 0.1) is 0 Å². The Morgan fingerprint density at radius 3 is 2.23 bits per heavy atom. The molecule has 0 saturated heterocycles. The van der Waals surface area contributed by atoms with Crippen molar-refractivity contribution < 1.29 is 19.5 Å². The van der Waals surface area contributed by atoms with Crippen LogP contribution in [0.1, 0.15) is 22.6 Å². The number of nitrogens with zero attached hydrogens (tertiary/aromatic N) is 1. The van der Waals surface area contributed by atoms with Gasteiger partial charge in [0, 0.05) is 29.4 Å². The third-order valence-electron chi connectivity index (χ3n) is 2.62. The third kappa shape index (κ3) is 4.67. The van der Waals surface area contributed by atoms with E-state index in [0.29, 0.717) is 16.4 Å². The van der Waals surface area contributed by atoms with Crippen molar-refractivity contribution in [3.8, 4) is 0 Å². The summed E-state index contributed by atoms with van der Waals surface area (Å²) in [4.78, 5) is 37.6. The number of hydrogen-bond acceptors (Lipinski definition) is 5. The van der Waals surface area contributed by atoms with Gasteiger partial charge < -0.3 is 15.7 Å². The summed E-state index contributed by atoms with van der Waals surface area (Å²) in [6, 6.07) is 6.52. The predicted octanol–water partition coefficient (Wildman–Crippen LogP) is 2.20. The molecule has 114 valence electrons. The van der Waals surface area contributed by atoms with Crippen LogP contribution in [0.15, 0.2) is 35.8 Å². The maximum absolute atomic E-state index is 11.8. The van der Waals surface area contributed by atoms with Crippen molar-refractivity contribution >= 4 is 40.5 Å². The Hall–Kier alpha value is -2.74. The molecule has 0 atom stereocenters. The number of carbonyl (C=O) groups is 3. The minimum atomic E-state index is -1.02. The minimum absolute atomic E-state index is 0.0854. The smallest absolute Gasteiger partial charge is 0.303 e. The Labute approximate surface area is 130 Å². The van der Waals surface area contributed by atoms with Crippen LogP contribution >= 0.6 is 11.3 Å². The third-order valence-corrected chi connectivity index (χ3v) is 3.39. The summed E-state index contributed by atoms with van der Waals surface area (Å²) in [5.74, 6) is -1.69. The number of carboxylic acid groups (broad SMARTS) is 1. The summed E-state index contributed by atoms with van der Waals surface area (Å²) < 4.78 is 0. The molecule has 2 amide bonds. The van der Waals surface area contributed by atoms with E-state index in [2.05, 4.69) is 15.6 Å². The fraction of sp³-hybridized carbons (Fsp3) is 0.143. The lowest BCUT2D eigenvalue weighted by Crippen LogP contribution is -2.13. The summed E-state index contributed by atoms with van der Waals surface area (Å²) in [7, 11) is 0. The zero-order valence-corrected chi connectivity index (χ0v) is 12.2. The number of nitrogens with one attached hydrogen (secondary N) is 2. The topological polar surface area (TPSA) is 108 Å². The van der Waals surface area contributed by atoms with Crippen LogP contribution in [0.3, 0.4) is 0 Å². The number of carbonyl (C=O) groups excluding carboxylic acids is 2. The second kappa shape index (κ2) is 7.32. The van der Waals surface area contributed by atoms with E-state index >= 15 is 0 Å². The number of hydrogen-bond donors (Lipinski definition) is 3. The van der Waals surface area contributed by atoms with E-state index in [9.17, 15) is 14.4 Å². The molecule has 0 unspecified atom stereocenters. The largest absolute Gasteiger partial charge is 0.481 e. The van der Waals surface area contributed by atoms with Gasteiger partial charge in [-0.1, -0.05) is 0 Å². The highest BCUT2D eigenvalue weighted by Gasteiger charge is 2.09. The molecule has 7 nitrogen and oxygen atoms in total. The van der Waals surface area contributed by atoms with Gasteiger partial charge in [-0.25, -0.2) is 4.98 Å². The maximum Gasteiger partial charge on any atom is 0.303 e. The lowest BCUT2D eigenvalue weighted by atomic mass is 10.2. The molecule has 2 aromatic rings. The molecule has 8 heteroatoms. The van der Waals surface area contributed by atoms with Crippen molar-refractivity contribution in [1.82, 2.24) is 4.98 Å². The lowest BCUT2D eigenvalue weighted by Gasteiger charge is -2.06. The number of aliphatic carboxylic acids is 1. The molecule has 1 aromatic heterocycles. The average molecular weight is 319 g/mol. The second-order valence-electron chi connectivity index (χ2n) is 4.31. The van der Waals surface area contributed by atoms with Crippen molar-refractivity contribution in [2.75, 3.05) is 10.6 Å². The number of rotatable bonds is 6. The SMILES string of the molecule is O=C(O)CCC(=O)Nc1ccc(NC(=O)c2nccs2)cc1. The van der Waals surface area contributed by atoms with Gasteiger partial charge in [-0.3, -0.25) is 14.4 Å². The zero-order chi connectivity index (χ0) is 15.9. The number of amides is 2. The molecule has 2 rings (SSSR count). The second-order valence-corrected chi connectivity index (χ2v) is 5.21. The van der Waals surface area contributed by atoms with Crippen LogP contribution in [-0.4, -0.2) is 27.9 Å². The predicted molar refractivity (Wildman–Crippen MR) is 82.0 cm³/mol. The molecule has 0 aliphatic heterocycles. The van der Waals surface area contributed by atoms with Crippen molar-refractivity contribution in [2.45, 2.75) is 12.8 Å². The fourth-order valence-corrected chi connectivity index (χ4v) is 2.13. The van der Waals surface area contributed by atoms with E-state index in [-0.39, 0.29) is 24.7 Å². The summed E-state index contributed by atoms with van der Waals surface area (Å²) in [5, 5.41) is 15.8. The van der Waals surface area contributed by atoms with E-state index < -0.39 is 5.97 Å². The van der Waals surface area contributed by atoms with Gasteiger partial charge in [-0.15, -0.1) is 11.3 Å². The highest BCUT2D eigenvalue weighted by atomic mass is 32.1. The molecule has 0 bridgehead atoms. The van der Waals surface area contributed by atoms with Crippen LogP contribution in [0.2, 0.25) is 0 Å². The molecule has 22 heavy (non-hydrogen) atoms. The standard InChI is InChI=1S/C14H13N3O4S/c18-11(5-6-12(19)20)16-9-1-3-10(4-2-9)17-13(21)14-15-7-8-22-14/h1-4,7-8H,5-6H2,(H,16,18)(H,17,21)(H,19,20). The van der Waals surface area contributed by atoms with Gasteiger partial charge in [0.25, 0.3) is 5.91 Å². The zero-order valence-electron chi connectivity index (χ0n) is 11.4. The first kappa shape index (κ1) is 15.6. The van der Waals surface area contributed by atoms with Gasteiger partial charge >= 0.3 is 5.97 Å². The molecule has 0 saturated carbocycles. The highest BCUT2D eigenvalue weighted by molar-refractivity contribution is 7.11. The first-order chi connectivity index (χ1) is 10.5. The van der Waals surface area contributed by atoms with Gasteiger partial charge in [0.1, 0.15) is 0 Å². The van der Waals surface area contributed by atoms with E-state index in [4.69, 9.17) is 5.11 Å². The van der Waals surface area contributed by atoms with Crippen LogP contribution in [0.25, 0.3) is 0 Å². The molecule has 0 aliphatic rings. The van der Waals surface area contributed by atoms with Gasteiger partial charge in [0.15, 0.2) is 5.01 Å². The Kier molecular flexibility index (Phi) is 5.21. The molecule has 0 aliphatic carbocycles. The lowest BCUT2D eigenvalue weighted by molar-refractivity contribution is -0.138. The Bertz CT molecular complexity index is 668. The van der Waals surface area contributed by atoms with Gasteiger partial charge in [-0.05, 0) is 24.3 Å². The number of anilines is 2. The van der Waals surface area contributed by atoms with Crippen LogP contribution in [0.5, 0.6) is 0 Å². The Balaban J connectivity index is 1.89. The van der Waals surface area contributed by atoms with Crippen molar-refractivity contribution in [2.24, 2.45) is 0 Å². The fourth-order valence-electron chi connectivity index (χ4n) is 1.60. The summed E-state index contributed by atoms with van der Waals surface area (Å²) in [5.41, 5.74) is 1.10. The molecule has 3 N–H and O–H groups in total. The number of thiazole rings is 1. The maximum atomic E-state index is 11.8. The number of aromatic nitrogens is 1. The van der Waals surface area contributed by atoms with E-state index in [1.165, 1.54) is 11.3 Å². The van der Waals surface area contributed by atoms with Gasteiger partial charge in [0.2, 0.25) is 5.91 Å². The van der Waals surface area contributed by atoms with E-state index in [0.717, 1.165) is 0 Å². The van der Waals surface area contributed by atoms with Crippen LogP contribution < -0.4 is 10.6 Å². The molecule has 0 fully saturated rings. The molecule has 0 radical (unpaired) electrons. The summed E-state index contributed by atoms with van der Waals surface area (Å²) in [6.07, 6.45) is 1.25. The molecule has 0 spiro atoms. The Morgan fingerprint density at radius 2 is 1.68 bits per heavy atom. The monoisotopic (exact) mass is 319 g/mol. The first-order valence-electron chi connectivity index (χ1n) is 6.37. The minimum Gasteiger partial charge on any atom is -0.481 e. The van der Waals surface area contributed by atoms with E-state index in [1.54, 1.807) is 35.8 Å². The van der Waals surface area contributed by atoms with Crippen molar-refractivity contribution in [1.29, 1.82) is 0 Å². The molecule has 1 heterocycles. The quantitative estimate of drug-likeness (QED) is 0.756. The van der Waals surface area contributed by atoms with Crippen LogP contribution in [-0.2, 0) is 9.59 Å².